The lowest BCUT2D eigenvalue weighted by Gasteiger charge is -2.17. The van der Waals surface area contributed by atoms with E-state index in [0.29, 0.717) is 28.8 Å². The van der Waals surface area contributed by atoms with Crippen LogP contribution < -0.4 is 5.32 Å². The Kier molecular flexibility index (Phi) is 4.96. The number of ether oxygens (including phenoxy) is 1. The smallest absolute Gasteiger partial charge is 0.321 e. The molecular weight excluding hydrogens is 315 g/mol. The molecule has 5 nitrogen and oxygen atoms in total. The van der Waals surface area contributed by atoms with Crippen molar-refractivity contribution < 1.29 is 14.3 Å². The largest absolute Gasteiger partial charge is 0.469 e. The van der Waals surface area contributed by atoms with Gasteiger partial charge in [-0.15, -0.1) is 0 Å². The van der Waals surface area contributed by atoms with Gasteiger partial charge in [0.15, 0.2) is 0 Å². The molecule has 1 aliphatic heterocycles. The SMILES string of the molecule is COC(=O)C1CN(C(=O)Nc2cc(Cl)ccc2Cl)CC1C. The van der Waals surface area contributed by atoms with Crippen molar-refractivity contribution in [3.8, 4) is 0 Å². The molecule has 2 atom stereocenters. The molecule has 1 N–H and O–H groups in total. The Morgan fingerprint density at radius 3 is 2.71 bits per heavy atom. The van der Waals surface area contributed by atoms with E-state index in [0.717, 1.165) is 0 Å². The topological polar surface area (TPSA) is 58.6 Å². The first-order valence-corrected chi connectivity index (χ1v) is 7.26. The van der Waals surface area contributed by atoms with Crippen LogP contribution in [-0.2, 0) is 9.53 Å². The van der Waals surface area contributed by atoms with Gasteiger partial charge in [-0.25, -0.2) is 4.79 Å². The highest BCUT2D eigenvalue weighted by Gasteiger charge is 2.37. The van der Waals surface area contributed by atoms with Crippen LogP contribution in [0.25, 0.3) is 0 Å². The predicted octanol–water partition coefficient (Wildman–Crippen LogP) is 3.27. The van der Waals surface area contributed by atoms with E-state index in [1.54, 1.807) is 23.1 Å². The van der Waals surface area contributed by atoms with Gasteiger partial charge in [0.05, 0.1) is 23.7 Å². The average molecular weight is 331 g/mol. The Balaban J connectivity index is 2.05. The average Bonchev–Trinajstić information content (AvgIpc) is 2.84. The molecule has 0 aromatic heterocycles. The van der Waals surface area contributed by atoms with Crippen LogP contribution in [0, 0.1) is 11.8 Å². The molecule has 0 saturated carbocycles. The third-order valence-corrected chi connectivity index (χ3v) is 4.14. The van der Waals surface area contributed by atoms with Crippen molar-refractivity contribution >= 4 is 40.9 Å². The highest BCUT2D eigenvalue weighted by atomic mass is 35.5. The molecule has 114 valence electrons. The number of urea groups is 1. The molecule has 0 bridgehead atoms. The fourth-order valence-electron chi connectivity index (χ4n) is 2.38. The summed E-state index contributed by atoms with van der Waals surface area (Å²) >= 11 is 11.9. The van der Waals surface area contributed by atoms with Crippen LogP contribution in [-0.4, -0.2) is 37.1 Å². The number of carbonyl (C=O) groups is 2. The maximum Gasteiger partial charge on any atom is 0.321 e. The number of anilines is 1. The number of nitrogens with zero attached hydrogens (tertiary/aromatic N) is 1. The van der Waals surface area contributed by atoms with Crippen molar-refractivity contribution in [2.45, 2.75) is 6.92 Å². The Hall–Kier alpha value is -1.46. The van der Waals surface area contributed by atoms with E-state index >= 15 is 0 Å². The first-order valence-electron chi connectivity index (χ1n) is 6.51. The third kappa shape index (κ3) is 3.60. The van der Waals surface area contributed by atoms with Gasteiger partial charge < -0.3 is 15.0 Å². The summed E-state index contributed by atoms with van der Waals surface area (Å²) in [6.45, 7) is 2.74. The van der Waals surface area contributed by atoms with E-state index in [1.807, 2.05) is 6.92 Å². The summed E-state index contributed by atoms with van der Waals surface area (Å²) in [6.07, 6.45) is 0. The van der Waals surface area contributed by atoms with Crippen LogP contribution >= 0.6 is 23.2 Å². The summed E-state index contributed by atoms with van der Waals surface area (Å²) < 4.78 is 4.75. The normalized spacial score (nSPS) is 21.2. The quantitative estimate of drug-likeness (QED) is 0.846. The number of carbonyl (C=O) groups excluding carboxylic acids is 2. The summed E-state index contributed by atoms with van der Waals surface area (Å²) in [5.74, 6) is -0.535. The molecule has 7 heteroatoms. The van der Waals surface area contributed by atoms with Crippen molar-refractivity contribution in [1.82, 2.24) is 4.90 Å². The summed E-state index contributed by atoms with van der Waals surface area (Å²) in [6, 6.07) is 4.53. The van der Waals surface area contributed by atoms with Gasteiger partial charge in [0.25, 0.3) is 0 Å². The molecule has 2 amide bonds. The lowest BCUT2D eigenvalue weighted by molar-refractivity contribution is -0.145. The van der Waals surface area contributed by atoms with E-state index in [2.05, 4.69) is 5.32 Å². The van der Waals surface area contributed by atoms with Crippen LogP contribution in [0.5, 0.6) is 0 Å². The second-order valence-corrected chi connectivity index (χ2v) is 5.91. The molecule has 0 radical (unpaired) electrons. The maximum absolute atomic E-state index is 12.2. The Labute approximate surface area is 133 Å². The number of hydrogen-bond acceptors (Lipinski definition) is 3. The van der Waals surface area contributed by atoms with Crippen molar-refractivity contribution in [2.75, 3.05) is 25.5 Å². The molecule has 1 aromatic carbocycles. The highest BCUT2D eigenvalue weighted by molar-refractivity contribution is 6.35. The monoisotopic (exact) mass is 330 g/mol. The Morgan fingerprint density at radius 1 is 1.33 bits per heavy atom. The van der Waals surface area contributed by atoms with E-state index < -0.39 is 0 Å². The first kappa shape index (κ1) is 15.9. The van der Waals surface area contributed by atoms with Gasteiger partial charge in [0, 0.05) is 18.1 Å². The minimum atomic E-state index is -0.308. The zero-order valence-corrected chi connectivity index (χ0v) is 13.2. The zero-order valence-electron chi connectivity index (χ0n) is 11.7. The van der Waals surface area contributed by atoms with E-state index in [4.69, 9.17) is 27.9 Å². The summed E-state index contributed by atoms with van der Waals surface area (Å²) in [5.41, 5.74) is 0.448. The summed E-state index contributed by atoms with van der Waals surface area (Å²) in [5, 5.41) is 3.60. The molecule has 0 aliphatic carbocycles. The standard InChI is InChI=1S/C14H16Cl2N2O3/c1-8-6-18(7-10(8)13(19)21-2)14(20)17-12-5-9(15)3-4-11(12)16/h3-5,8,10H,6-7H2,1-2H3,(H,17,20). The number of rotatable bonds is 2. The van der Waals surface area contributed by atoms with Crippen molar-refractivity contribution in [3.05, 3.63) is 28.2 Å². The first-order chi connectivity index (χ1) is 9.92. The van der Waals surface area contributed by atoms with Crippen LogP contribution in [0.4, 0.5) is 10.5 Å². The minimum Gasteiger partial charge on any atom is -0.469 e. The zero-order chi connectivity index (χ0) is 15.6. The number of amides is 2. The van der Waals surface area contributed by atoms with Crippen LogP contribution in [0.2, 0.25) is 10.0 Å². The molecular formula is C14H16Cl2N2O3. The number of hydrogen-bond donors (Lipinski definition) is 1. The van der Waals surface area contributed by atoms with Gasteiger partial charge in [0.2, 0.25) is 0 Å². The van der Waals surface area contributed by atoms with Gasteiger partial charge in [-0.1, -0.05) is 30.1 Å². The highest BCUT2D eigenvalue weighted by Crippen LogP contribution is 2.28. The summed E-state index contributed by atoms with van der Waals surface area (Å²) in [4.78, 5) is 25.4. The molecule has 1 saturated heterocycles. The molecule has 0 spiro atoms. The van der Waals surface area contributed by atoms with Crippen LogP contribution in [0.15, 0.2) is 18.2 Å². The van der Waals surface area contributed by atoms with Gasteiger partial charge in [-0.05, 0) is 24.1 Å². The summed E-state index contributed by atoms with van der Waals surface area (Å²) in [7, 11) is 1.35. The van der Waals surface area contributed by atoms with Gasteiger partial charge in [-0.3, -0.25) is 4.79 Å². The van der Waals surface area contributed by atoms with E-state index in [-0.39, 0.29) is 23.8 Å². The molecule has 1 aliphatic rings. The number of benzene rings is 1. The Morgan fingerprint density at radius 2 is 2.05 bits per heavy atom. The predicted molar refractivity (Wildman–Crippen MR) is 81.7 cm³/mol. The van der Waals surface area contributed by atoms with Crippen LogP contribution in [0.1, 0.15) is 6.92 Å². The van der Waals surface area contributed by atoms with Crippen molar-refractivity contribution in [1.29, 1.82) is 0 Å². The number of halogens is 2. The fourth-order valence-corrected chi connectivity index (χ4v) is 2.72. The number of esters is 1. The molecule has 1 fully saturated rings. The second-order valence-electron chi connectivity index (χ2n) is 5.07. The number of likely N-dealkylation sites (tertiary alicyclic amines) is 1. The molecule has 2 rings (SSSR count). The fraction of sp³-hybridized carbons (Fsp3) is 0.429. The van der Waals surface area contributed by atoms with Gasteiger partial charge in [-0.2, -0.15) is 0 Å². The number of methoxy groups -OCH3 is 1. The molecule has 21 heavy (non-hydrogen) atoms. The van der Waals surface area contributed by atoms with Gasteiger partial charge in [0.1, 0.15) is 0 Å². The lowest BCUT2D eigenvalue weighted by atomic mass is 9.99. The minimum absolute atomic E-state index is 0.0537. The number of nitrogens with one attached hydrogen (secondary N) is 1. The van der Waals surface area contributed by atoms with Crippen molar-refractivity contribution in [2.24, 2.45) is 11.8 Å². The third-order valence-electron chi connectivity index (χ3n) is 3.57. The molecule has 2 unspecified atom stereocenters. The van der Waals surface area contributed by atoms with Crippen LogP contribution in [0.3, 0.4) is 0 Å². The van der Waals surface area contributed by atoms with Gasteiger partial charge >= 0.3 is 12.0 Å². The van der Waals surface area contributed by atoms with Crippen molar-refractivity contribution in [3.63, 3.8) is 0 Å². The molecule has 1 aromatic rings. The lowest BCUT2D eigenvalue weighted by Crippen LogP contribution is -2.34. The van der Waals surface area contributed by atoms with E-state index in [9.17, 15) is 9.59 Å². The molecule has 1 heterocycles. The van der Waals surface area contributed by atoms with E-state index in [1.165, 1.54) is 7.11 Å². The Bertz CT molecular complexity index is 565. The second kappa shape index (κ2) is 6.54. The maximum atomic E-state index is 12.2.